The van der Waals surface area contributed by atoms with E-state index in [9.17, 15) is 0 Å². The molecule has 0 unspecified atom stereocenters. The SMILES string of the molecule is Cc1ccnc(-n2ccnc2C)c1C#N. The van der Waals surface area contributed by atoms with Crippen LogP contribution in [0.1, 0.15) is 17.0 Å². The number of imidazole rings is 1. The highest BCUT2D eigenvalue weighted by Crippen LogP contribution is 2.15. The van der Waals surface area contributed by atoms with Crippen molar-refractivity contribution >= 4 is 0 Å². The maximum atomic E-state index is 9.07. The Kier molecular flexibility index (Phi) is 2.22. The predicted molar refractivity (Wildman–Crippen MR) is 55.5 cm³/mol. The lowest BCUT2D eigenvalue weighted by Gasteiger charge is -2.07. The number of hydrogen-bond acceptors (Lipinski definition) is 3. The van der Waals surface area contributed by atoms with Crippen LogP contribution < -0.4 is 0 Å². The third-order valence-corrected chi connectivity index (χ3v) is 2.31. The van der Waals surface area contributed by atoms with Crippen LogP contribution in [-0.2, 0) is 0 Å². The van der Waals surface area contributed by atoms with Crippen molar-refractivity contribution in [3.05, 3.63) is 41.6 Å². The highest BCUT2D eigenvalue weighted by Gasteiger charge is 2.09. The molecule has 0 aliphatic carbocycles. The molecular weight excluding hydrogens is 188 g/mol. The van der Waals surface area contributed by atoms with Crippen LogP contribution in [0.25, 0.3) is 5.82 Å². The quantitative estimate of drug-likeness (QED) is 0.701. The van der Waals surface area contributed by atoms with Gasteiger partial charge in [-0.05, 0) is 25.5 Å². The average Bonchev–Trinajstić information content (AvgIpc) is 2.64. The van der Waals surface area contributed by atoms with E-state index in [0.717, 1.165) is 11.4 Å². The maximum Gasteiger partial charge on any atom is 0.156 e. The minimum atomic E-state index is 0.596. The first-order valence-electron chi connectivity index (χ1n) is 4.60. The summed E-state index contributed by atoms with van der Waals surface area (Å²) in [4.78, 5) is 8.33. The van der Waals surface area contributed by atoms with E-state index < -0.39 is 0 Å². The Morgan fingerprint density at radius 1 is 1.27 bits per heavy atom. The fraction of sp³-hybridized carbons (Fsp3) is 0.182. The molecule has 2 heterocycles. The largest absolute Gasteiger partial charge is 0.287 e. The zero-order chi connectivity index (χ0) is 10.8. The average molecular weight is 198 g/mol. The molecule has 0 saturated carbocycles. The molecule has 2 aromatic heterocycles. The van der Waals surface area contributed by atoms with E-state index in [4.69, 9.17) is 5.26 Å². The molecule has 4 heteroatoms. The molecule has 0 fully saturated rings. The van der Waals surface area contributed by atoms with E-state index in [0.29, 0.717) is 11.4 Å². The number of aryl methyl sites for hydroxylation is 2. The Balaban J connectivity index is 2.70. The van der Waals surface area contributed by atoms with Gasteiger partial charge in [0, 0.05) is 18.6 Å². The van der Waals surface area contributed by atoms with E-state index in [-0.39, 0.29) is 0 Å². The van der Waals surface area contributed by atoms with Gasteiger partial charge in [0.1, 0.15) is 11.9 Å². The molecular formula is C11H10N4. The Morgan fingerprint density at radius 2 is 2.07 bits per heavy atom. The van der Waals surface area contributed by atoms with Crippen LogP contribution in [0.3, 0.4) is 0 Å². The fourth-order valence-corrected chi connectivity index (χ4v) is 1.47. The Bertz CT molecular complexity index is 534. The summed E-state index contributed by atoms with van der Waals surface area (Å²) in [6.45, 7) is 3.78. The van der Waals surface area contributed by atoms with Gasteiger partial charge in [-0.25, -0.2) is 9.97 Å². The standard InChI is InChI=1S/C11H10N4/c1-8-3-4-14-11(10(8)7-12)15-6-5-13-9(15)2/h3-6H,1-2H3. The Labute approximate surface area is 87.8 Å². The summed E-state index contributed by atoms with van der Waals surface area (Å²) in [5, 5.41) is 9.07. The molecule has 0 aromatic carbocycles. The summed E-state index contributed by atoms with van der Waals surface area (Å²) in [6.07, 6.45) is 5.20. The number of hydrogen-bond donors (Lipinski definition) is 0. The van der Waals surface area contributed by atoms with Crippen LogP contribution in [0.5, 0.6) is 0 Å². The van der Waals surface area contributed by atoms with Crippen molar-refractivity contribution in [1.82, 2.24) is 14.5 Å². The van der Waals surface area contributed by atoms with Gasteiger partial charge >= 0.3 is 0 Å². The summed E-state index contributed by atoms with van der Waals surface area (Å²) in [5.41, 5.74) is 1.52. The van der Waals surface area contributed by atoms with Gasteiger partial charge in [-0.15, -0.1) is 0 Å². The van der Waals surface area contributed by atoms with Crippen LogP contribution in [0.2, 0.25) is 0 Å². The molecule has 0 aliphatic heterocycles. The lowest BCUT2D eigenvalue weighted by atomic mass is 10.1. The monoisotopic (exact) mass is 198 g/mol. The van der Waals surface area contributed by atoms with Gasteiger partial charge in [0.15, 0.2) is 5.82 Å². The van der Waals surface area contributed by atoms with Gasteiger partial charge in [0.25, 0.3) is 0 Å². The molecule has 0 saturated heterocycles. The van der Waals surface area contributed by atoms with Crippen molar-refractivity contribution in [3.63, 3.8) is 0 Å². The lowest BCUT2D eigenvalue weighted by Crippen LogP contribution is -2.03. The van der Waals surface area contributed by atoms with Crippen molar-refractivity contribution in [3.8, 4) is 11.9 Å². The summed E-state index contributed by atoms with van der Waals surface area (Å²) < 4.78 is 1.81. The lowest BCUT2D eigenvalue weighted by molar-refractivity contribution is 0.924. The molecule has 0 spiro atoms. The van der Waals surface area contributed by atoms with Gasteiger partial charge in [-0.2, -0.15) is 5.26 Å². The van der Waals surface area contributed by atoms with Gasteiger partial charge in [0.2, 0.25) is 0 Å². The summed E-state index contributed by atoms with van der Waals surface area (Å²) in [6, 6.07) is 4.00. The molecule has 4 nitrogen and oxygen atoms in total. The Hall–Kier alpha value is -2.15. The number of aromatic nitrogens is 3. The van der Waals surface area contributed by atoms with E-state index >= 15 is 0 Å². The van der Waals surface area contributed by atoms with Gasteiger partial charge in [-0.1, -0.05) is 0 Å². The van der Waals surface area contributed by atoms with Gasteiger partial charge < -0.3 is 0 Å². The second-order valence-electron chi connectivity index (χ2n) is 3.28. The molecule has 0 amide bonds. The molecule has 2 rings (SSSR count). The van der Waals surface area contributed by atoms with Crippen molar-refractivity contribution in [1.29, 1.82) is 5.26 Å². The summed E-state index contributed by atoms with van der Waals surface area (Å²) in [7, 11) is 0. The second-order valence-corrected chi connectivity index (χ2v) is 3.28. The minimum Gasteiger partial charge on any atom is -0.287 e. The summed E-state index contributed by atoms with van der Waals surface area (Å²) in [5.74, 6) is 1.47. The highest BCUT2D eigenvalue weighted by atomic mass is 15.1. The van der Waals surface area contributed by atoms with Crippen LogP contribution in [0, 0.1) is 25.2 Å². The summed E-state index contributed by atoms with van der Waals surface area (Å²) >= 11 is 0. The molecule has 0 bridgehead atoms. The number of rotatable bonds is 1. The normalized spacial score (nSPS) is 9.93. The maximum absolute atomic E-state index is 9.07. The van der Waals surface area contributed by atoms with E-state index in [1.165, 1.54) is 0 Å². The highest BCUT2D eigenvalue weighted by molar-refractivity contribution is 5.48. The van der Waals surface area contributed by atoms with Crippen LogP contribution in [0.15, 0.2) is 24.7 Å². The second kappa shape index (κ2) is 3.54. The van der Waals surface area contributed by atoms with Crippen molar-refractivity contribution < 1.29 is 0 Å². The van der Waals surface area contributed by atoms with Crippen LogP contribution >= 0.6 is 0 Å². The topological polar surface area (TPSA) is 54.5 Å². The van der Waals surface area contributed by atoms with Crippen molar-refractivity contribution in [2.45, 2.75) is 13.8 Å². The van der Waals surface area contributed by atoms with Gasteiger partial charge in [0.05, 0.1) is 5.56 Å². The molecule has 2 aromatic rings. The third-order valence-electron chi connectivity index (χ3n) is 2.31. The number of pyridine rings is 1. The molecule has 0 atom stereocenters. The first kappa shape index (κ1) is 9.41. The van der Waals surface area contributed by atoms with E-state index in [1.54, 1.807) is 18.6 Å². The van der Waals surface area contributed by atoms with Crippen molar-refractivity contribution in [2.24, 2.45) is 0 Å². The first-order valence-corrected chi connectivity index (χ1v) is 4.60. The van der Waals surface area contributed by atoms with Crippen LogP contribution in [-0.4, -0.2) is 14.5 Å². The van der Waals surface area contributed by atoms with E-state index in [2.05, 4.69) is 16.0 Å². The van der Waals surface area contributed by atoms with Crippen LogP contribution in [0.4, 0.5) is 0 Å². The predicted octanol–water partition coefficient (Wildman–Crippen LogP) is 1.76. The number of nitrogens with zero attached hydrogens (tertiary/aromatic N) is 4. The minimum absolute atomic E-state index is 0.596. The Morgan fingerprint density at radius 3 is 2.67 bits per heavy atom. The molecule has 0 aliphatic rings. The smallest absolute Gasteiger partial charge is 0.156 e. The van der Waals surface area contributed by atoms with Gasteiger partial charge in [-0.3, -0.25) is 4.57 Å². The third kappa shape index (κ3) is 1.48. The molecule has 0 radical (unpaired) electrons. The molecule has 74 valence electrons. The zero-order valence-electron chi connectivity index (χ0n) is 8.60. The van der Waals surface area contributed by atoms with Crippen molar-refractivity contribution in [2.75, 3.05) is 0 Å². The number of nitriles is 1. The molecule has 0 N–H and O–H groups in total. The fourth-order valence-electron chi connectivity index (χ4n) is 1.47. The first-order chi connectivity index (χ1) is 7.24. The van der Waals surface area contributed by atoms with E-state index in [1.807, 2.05) is 24.5 Å². The molecule has 15 heavy (non-hydrogen) atoms. The zero-order valence-corrected chi connectivity index (χ0v) is 8.60.